The maximum atomic E-state index is 11.1. The minimum absolute atomic E-state index is 0.177. The van der Waals surface area contributed by atoms with Gasteiger partial charge in [0.25, 0.3) is 0 Å². The summed E-state index contributed by atoms with van der Waals surface area (Å²) < 4.78 is 10.3. The Morgan fingerprint density at radius 3 is 3.00 bits per heavy atom. The van der Waals surface area contributed by atoms with E-state index in [1.807, 2.05) is 0 Å². The smallest absolute Gasteiger partial charge is 0.158 e. The van der Waals surface area contributed by atoms with E-state index >= 15 is 0 Å². The monoisotopic (exact) mass is 186 g/mol. The average molecular weight is 186 g/mol. The third-order valence-electron chi connectivity index (χ3n) is 2.32. The van der Waals surface area contributed by atoms with Gasteiger partial charge in [0.05, 0.1) is 6.10 Å². The van der Waals surface area contributed by atoms with Gasteiger partial charge in [-0.3, -0.25) is 4.79 Å². The van der Waals surface area contributed by atoms with Gasteiger partial charge < -0.3 is 9.47 Å². The number of ether oxygens (including phenoxy) is 2. The van der Waals surface area contributed by atoms with Crippen molar-refractivity contribution in [3.8, 4) is 0 Å². The SMILES string of the molecule is COCC(=O)CCC1CCCCO1. The van der Waals surface area contributed by atoms with Crippen molar-refractivity contribution in [2.45, 2.75) is 38.2 Å². The highest BCUT2D eigenvalue weighted by Gasteiger charge is 2.14. The highest BCUT2D eigenvalue weighted by atomic mass is 16.5. The van der Waals surface area contributed by atoms with Gasteiger partial charge in [0, 0.05) is 20.1 Å². The molecule has 0 aromatic heterocycles. The van der Waals surface area contributed by atoms with E-state index in [1.54, 1.807) is 7.11 Å². The molecule has 0 spiro atoms. The number of rotatable bonds is 5. The van der Waals surface area contributed by atoms with E-state index in [4.69, 9.17) is 9.47 Å². The molecule has 0 aromatic rings. The van der Waals surface area contributed by atoms with Crippen LogP contribution in [-0.2, 0) is 14.3 Å². The summed E-state index contributed by atoms with van der Waals surface area (Å²) in [4.78, 5) is 11.1. The Morgan fingerprint density at radius 2 is 2.38 bits per heavy atom. The number of hydrogen-bond acceptors (Lipinski definition) is 3. The zero-order chi connectivity index (χ0) is 9.52. The summed E-state index contributed by atoms with van der Waals surface area (Å²) in [6.07, 6.45) is 5.29. The second kappa shape index (κ2) is 6.11. The summed E-state index contributed by atoms with van der Waals surface area (Å²) in [6.45, 7) is 1.11. The lowest BCUT2D eigenvalue weighted by atomic mass is 10.0. The normalized spacial score (nSPS) is 23.0. The van der Waals surface area contributed by atoms with E-state index in [-0.39, 0.29) is 12.4 Å². The van der Waals surface area contributed by atoms with Gasteiger partial charge in [-0.2, -0.15) is 0 Å². The molecule has 0 saturated carbocycles. The predicted octanol–water partition coefficient (Wildman–Crippen LogP) is 1.55. The third kappa shape index (κ3) is 4.39. The molecule has 1 unspecified atom stereocenters. The van der Waals surface area contributed by atoms with Crippen molar-refractivity contribution in [2.75, 3.05) is 20.3 Å². The van der Waals surface area contributed by atoms with E-state index in [0.29, 0.717) is 12.5 Å². The van der Waals surface area contributed by atoms with Crippen molar-refractivity contribution in [2.24, 2.45) is 0 Å². The van der Waals surface area contributed by atoms with E-state index in [0.717, 1.165) is 19.4 Å². The largest absolute Gasteiger partial charge is 0.378 e. The number of carbonyl (C=O) groups excluding carboxylic acids is 1. The van der Waals surface area contributed by atoms with Crippen molar-refractivity contribution < 1.29 is 14.3 Å². The minimum atomic E-state index is 0.177. The van der Waals surface area contributed by atoms with Crippen LogP contribution in [0.5, 0.6) is 0 Å². The van der Waals surface area contributed by atoms with Crippen LogP contribution in [0, 0.1) is 0 Å². The Morgan fingerprint density at radius 1 is 1.54 bits per heavy atom. The molecule has 3 heteroatoms. The van der Waals surface area contributed by atoms with Crippen LogP contribution in [-0.4, -0.2) is 32.2 Å². The predicted molar refractivity (Wildman–Crippen MR) is 49.7 cm³/mol. The molecule has 1 atom stereocenters. The topological polar surface area (TPSA) is 35.5 Å². The van der Waals surface area contributed by atoms with Crippen molar-refractivity contribution in [1.29, 1.82) is 0 Å². The standard InChI is InChI=1S/C10H18O3/c1-12-8-9(11)5-6-10-4-2-3-7-13-10/h10H,2-8H2,1H3. The van der Waals surface area contributed by atoms with Crippen molar-refractivity contribution in [1.82, 2.24) is 0 Å². The fraction of sp³-hybridized carbons (Fsp3) is 0.900. The third-order valence-corrected chi connectivity index (χ3v) is 2.32. The molecular formula is C10H18O3. The van der Waals surface area contributed by atoms with Crippen LogP contribution in [0.1, 0.15) is 32.1 Å². The zero-order valence-electron chi connectivity index (χ0n) is 8.25. The first-order valence-electron chi connectivity index (χ1n) is 4.95. The van der Waals surface area contributed by atoms with E-state index < -0.39 is 0 Å². The maximum absolute atomic E-state index is 11.1. The Hall–Kier alpha value is -0.410. The second-order valence-corrected chi connectivity index (χ2v) is 3.50. The molecule has 1 rings (SSSR count). The molecule has 1 fully saturated rings. The summed E-state index contributed by atoms with van der Waals surface area (Å²) in [5.74, 6) is 0.177. The van der Waals surface area contributed by atoms with Crippen LogP contribution in [0.15, 0.2) is 0 Å². The maximum Gasteiger partial charge on any atom is 0.158 e. The van der Waals surface area contributed by atoms with Gasteiger partial charge in [0.15, 0.2) is 5.78 Å². The molecule has 0 N–H and O–H groups in total. The molecule has 0 bridgehead atoms. The van der Waals surface area contributed by atoms with Crippen LogP contribution >= 0.6 is 0 Å². The quantitative estimate of drug-likeness (QED) is 0.653. The van der Waals surface area contributed by atoms with Crippen LogP contribution in [0.3, 0.4) is 0 Å². The number of hydrogen-bond donors (Lipinski definition) is 0. The number of ketones is 1. The molecule has 0 aliphatic carbocycles. The summed E-state index contributed by atoms with van der Waals surface area (Å²) in [6, 6.07) is 0. The minimum Gasteiger partial charge on any atom is -0.378 e. The molecule has 1 aliphatic heterocycles. The van der Waals surface area contributed by atoms with Gasteiger partial charge in [-0.25, -0.2) is 0 Å². The fourth-order valence-electron chi connectivity index (χ4n) is 1.59. The van der Waals surface area contributed by atoms with Gasteiger partial charge in [-0.1, -0.05) is 0 Å². The van der Waals surface area contributed by atoms with Crippen molar-refractivity contribution in [3.05, 3.63) is 0 Å². The van der Waals surface area contributed by atoms with E-state index in [2.05, 4.69) is 0 Å². The first-order chi connectivity index (χ1) is 6.33. The van der Waals surface area contributed by atoms with Crippen LogP contribution < -0.4 is 0 Å². The van der Waals surface area contributed by atoms with Crippen molar-refractivity contribution in [3.63, 3.8) is 0 Å². The first-order valence-corrected chi connectivity index (χ1v) is 4.95. The molecule has 1 saturated heterocycles. The lowest BCUT2D eigenvalue weighted by Gasteiger charge is -2.21. The highest BCUT2D eigenvalue weighted by Crippen LogP contribution is 2.16. The summed E-state index contributed by atoms with van der Waals surface area (Å²) in [5, 5.41) is 0. The molecule has 0 aromatic carbocycles. The van der Waals surface area contributed by atoms with E-state index in [9.17, 15) is 4.79 Å². The Labute approximate surface area is 79.4 Å². The van der Waals surface area contributed by atoms with Crippen LogP contribution in [0.4, 0.5) is 0 Å². The Bertz CT molecular complexity index is 150. The Balaban J connectivity index is 2.06. The summed E-state index contributed by atoms with van der Waals surface area (Å²) in [5.41, 5.74) is 0. The summed E-state index contributed by atoms with van der Waals surface area (Å²) in [7, 11) is 1.55. The molecule has 13 heavy (non-hydrogen) atoms. The van der Waals surface area contributed by atoms with Crippen LogP contribution in [0.25, 0.3) is 0 Å². The molecular weight excluding hydrogens is 168 g/mol. The fourth-order valence-corrected chi connectivity index (χ4v) is 1.59. The van der Waals surface area contributed by atoms with Gasteiger partial charge in [-0.15, -0.1) is 0 Å². The van der Waals surface area contributed by atoms with Crippen molar-refractivity contribution >= 4 is 5.78 Å². The molecule has 1 heterocycles. The Kier molecular flexibility index (Phi) is 5.01. The number of Topliss-reactive ketones (excluding diaryl/α,β-unsaturated/α-hetero) is 1. The van der Waals surface area contributed by atoms with Gasteiger partial charge in [0.1, 0.15) is 6.61 Å². The highest BCUT2D eigenvalue weighted by molar-refractivity contribution is 5.79. The second-order valence-electron chi connectivity index (χ2n) is 3.50. The van der Waals surface area contributed by atoms with E-state index in [1.165, 1.54) is 12.8 Å². The van der Waals surface area contributed by atoms with Gasteiger partial charge in [-0.05, 0) is 25.7 Å². The summed E-state index contributed by atoms with van der Waals surface area (Å²) >= 11 is 0. The molecule has 76 valence electrons. The number of carbonyl (C=O) groups is 1. The van der Waals surface area contributed by atoms with Gasteiger partial charge >= 0.3 is 0 Å². The lowest BCUT2D eigenvalue weighted by molar-refractivity contribution is -0.123. The number of methoxy groups -OCH3 is 1. The zero-order valence-corrected chi connectivity index (χ0v) is 8.25. The molecule has 0 radical (unpaired) electrons. The molecule has 0 amide bonds. The van der Waals surface area contributed by atoms with Gasteiger partial charge in [0.2, 0.25) is 0 Å². The van der Waals surface area contributed by atoms with Crippen LogP contribution in [0.2, 0.25) is 0 Å². The lowest BCUT2D eigenvalue weighted by Crippen LogP contribution is -2.20. The first kappa shape index (κ1) is 10.7. The molecule has 1 aliphatic rings. The molecule has 3 nitrogen and oxygen atoms in total. The average Bonchev–Trinajstić information content (AvgIpc) is 2.17.